The average Bonchev–Trinajstić information content (AvgIpc) is 2.54. The summed E-state index contributed by atoms with van der Waals surface area (Å²) in [6.45, 7) is 0. The number of hydrogen-bond acceptors (Lipinski definition) is 7. The van der Waals surface area contributed by atoms with E-state index < -0.39 is 0 Å². The van der Waals surface area contributed by atoms with E-state index in [1.165, 1.54) is 18.0 Å². The lowest BCUT2D eigenvalue weighted by atomic mass is 9.96. The molecule has 2 heterocycles. The lowest BCUT2D eigenvalue weighted by molar-refractivity contribution is -0.113. The van der Waals surface area contributed by atoms with Gasteiger partial charge in [-0.2, -0.15) is 0 Å². The molecule has 0 aliphatic heterocycles. The third-order valence-corrected chi connectivity index (χ3v) is 3.99. The van der Waals surface area contributed by atoms with Crippen molar-refractivity contribution in [3.8, 4) is 0 Å². The van der Waals surface area contributed by atoms with E-state index in [9.17, 15) is 9.59 Å². The van der Waals surface area contributed by atoms with Gasteiger partial charge >= 0.3 is 0 Å². The summed E-state index contributed by atoms with van der Waals surface area (Å²) < 4.78 is 0. The Morgan fingerprint density at radius 3 is 2.86 bits per heavy atom. The van der Waals surface area contributed by atoms with Crippen molar-refractivity contribution >= 4 is 29.4 Å². The fraction of sp³-hybridized carbons (Fsp3) is 0.286. The van der Waals surface area contributed by atoms with Crippen molar-refractivity contribution in [2.75, 3.05) is 11.1 Å². The Labute approximate surface area is 131 Å². The molecule has 1 aliphatic carbocycles. The predicted octanol–water partition coefficient (Wildman–Crippen LogP) is 1.52. The highest BCUT2D eigenvalue weighted by Crippen LogP contribution is 2.19. The van der Waals surface area contributed by atoms with Crippen LogP contribution in [0, 0.1) is 0 Å². The Kier molecular flexibility index (Phi) is 4.38. The number of hydrogen-bond donors (Lipinski definition) is 1. The molecule has 0 spiro atoms. The molecule has 8 heteroatoms. The highest BCUT2D eigenvalue weighted by atomic mass is 32.2. The van der Waals surface area contributed by atoms with Crippen LogP contribution in [0.3, 0.4) is 0 Å². The van der Waals surface area contributed by atoms with E-state index in [4.69, 9.17) is 0 Å². The van der Waals surface area contributed by atoms with Crippen LogP contribution in [-0.2, 0) is 11.2 Å². The molecule has 0 aromatic carbocycles. The number of rotatable bonds is 4. The largest absolute Gasteiger partial charge is 0.294 e. The van der Waals surface area contributed by atoms with Crippen LogP contribution in [0.25, 0.3) is 0 Å². The van der Waals surface area contributed by atoms with Crippen molar-refractivity contribution in [1.29, 1.82) is 0 Å². The molecule has 22 heavy (non-hydrogen) atoms. The summed E-state index contributed by atoms with van der Waals surface area (Å²) in [6.07, 6.45) is 6.80. The average molecular weight is 315 g/mol. The lowest BCUT2D eigenvalue weighted by Gasteiger charge is -2.13. The number of amides is 1. The number of nitrogens with zero attached hydrogens (tertiary/aromatic N) is 4. The van der Waals surface area contributed by atoms with E-state index in [0.29, 0.717) is 22.8 Å². The van der Waals surface area contributed by atoms with Gasteiger partial charge in [0.2, 0.25) is 11.9 Å². The van der Waals surface area contributed by atoms with Crippen LogP contribution in [0.5, 0.6) is 0 Å². The summed E-state index contributed by atoms with van der Waals surface area (Å²) in [4.78, 5) is 39.9. The molecule has 1 amide bonds. The number of fused-ring (bicyclic) bond motifs is 1. The monoisotopic (exact) mass is 315 g/mol. The highest BCUT2D eigenvalue weighted by Gasteiger charge is 2.19. The molecule has 7 nitrogen and oxygen atoms in total. The Bertz CT molecular complexity index is 708. The van der Waals surface area contributed by atoms with Gasteiger partial charge in [-0.1, -0.05) is 11.8 Å². The zero-order valence-electron chi connectivity index (χ0n) is 11.7. The topological polar surface area (TPSA) is 97.7 Å². The zero-order chi connectivity index (χ0) is 15.4. The number of Topliss-reactive ketones (excluding diaryl/α,β-unsaturated/α-hetero) is 1. The number of aromatic nitrogens is 4. The molecule has 0 saturated carbocycles. The van der Waals surface area contributed by atoms with Crippen molar-refractivity contribution in [3.05, 3.63) is 35.9 Å². The smallest absolute Gasteiger partial charge is 0.237 e. The Morgan fingerprint density at radius 2 is 2.05 bits per heavy atom. The van der Waals surface area contributed by atoms with Crippen molar-refractivity contribution in [3.63, 3.8) is 0 Å². The van der Waals surface area contributed by atoms with Gasteiger partial charge in [-0.05, 0) is 18.9 Å². The molecule has 0 saturated heterocycles. The van der Waals surface area contributed by atoms with Gasteiger partial charge in [-0.3, -0.25) is 14.9 Å². The normalized spacial score (nSPS) is 13.5. The van der Waals surface area contributed by atoms with Crippen LogP contribution >= 0.6 is 11.8 Å². The van der Waals surface area contributed by atoms with Crippen LogP contribution < -0.4 is 5.32 Å². The first kappa shape index (κ1) is 14.6. The summed E-state index contributed by atoms with van der Waals surface area (Å²) in [5, 5.41) is 3.16. The minimum Gasteiger partial charge on any atom is -0.294 e. The van der Waals surface area contributed by atoms with Gasteiger partial charge in [0.15, 0.2) is 10.9 Å². The molecule has 2 aromatic rings. The molecule has 0 fully saturated rings. The second-order valence-electron chi connectivity index (χ2n) is 4.70. The molecule has 0 radical (unpaired) electrons. The first-order chi connectivity index (χ1) is 10.7. The summed E-state index contributed by atoms with van der Waals surface area (Å²) >= 11 is 1.23. The molecule has 112 valence electrons. The summed E-state index contributed by atoms with van der Waals surface area (Å²) in [5.41, 5.74) is 1.27. The van der Waals surface area contributed by atoms with Gasteiger partial charge in [-0.25, -0.2) is 19.9 Å². The third kappa shape index (κ3) is 3.45. The second-order valence-corrected chi connectivity index (χ2v) is 5.64. The molecule has 2 aromatic heterocycles. The molecule has 0 unspecified atom stereocenters. The van der Waals surface area contributed by atoms with Gasteiger partial charge < -0.3 is 0 Å². The fourth-order valence-electron chi connectivity index (χ4n) is 2.10. The number of nitrogens with one attached hydrogen (secondary N) is 1. The highest BCUT2D eigenvalue weighted by molar-refractivity contribution is 7.99. The standard InChI is InChI=1S/C14H13N5O2S/c20-11-4-1-3-10-9(11)7-17-13(18-10)19-12(21)8-22-14-15-5-2-6-16-14/h2,5-7H,1,3-4,8H2,(H,17,18,19,21). The van der Waals surface area contributed by atoms with Crippen molar-refractivity contribution in [2.24, 2.45) is 0 Å². The quantitative estimate of drug-likeness (QED) is 0.674. The van der Waals surface area contributed by atoms with Gasteiger partial charge in [0.05, 0.1) is 17.0 Å². The molecule has 3 rings (SSSR count). The number of anilines is 1. The van der Waals surface area contributed by atoms with Crippen molar-refractivity contribution in [1.82, 2.24) is 19.9 Å². The van der Waals surface area contributed by atoms with Gasteiger partial charge in [0, 0.05) is 25.0 Å². The van der Waals surface area contributed by atoms with E-state index in [-0.39, 0.29) is 23.4 Å². The number of thioether (sulfide) groups is 1. The first-order valence-electron chi connectivity index (χ1n) is 6.81. The van der Waals surface area contributed by atoms with Crippen molar-refractivity contribution in [2.45, 2.75) is 24.4 Å². The van der Waals surface area contributed by atoms with Gasteiger partial charge in [0.25, 0.3) is 0 Å². The fourth-order valence-corrected chi connectivity index (χ4v) is 2.71. The molecular weight excluding hydrogens is 302 g/mol. The molecule has 0 atom stereocenters. The molecular formula is C14H13N5O2S. The lowest BCUT2D eigenvalue weighted by Crippen LogP contribution is -2.19. The van der Waals surface area contributed by atoms with Crippen LogP contribution in [0.4, 0.5) is 5.95 Å². The maximum Gasteiger partial charge on any atom is 0.237 e. The minimum atomic E-state index is -0.237. The second kappa shape index (κ2) is 6.61. The van der Waals surface area contributed by atoms with E-state index in [1.54, 1.807) is 18.5 Å². The summed E-state index contributed by atoms with van der Waals surface area (Å²) in [7, 11) is 0. The predicted molar refractivity (Wildman–Crippen MR) is 80.7 cm³/mol. The number of carbonyl (C=O) groups excluding carboxylic acids is 2. The minimum absolute atomic E-state index is 0.0657. The van der Waals surface area contributed by atoms with Crippen LogP contribution in [0.15, 0.2) is 29.8 Å². The maximum atomic E-state index is 11.9. The Hall–Kier alpha value is -2.35. The Balaban J connectivity index is 1.61. The number of carbonyl (C=O) groups is 2. The molecule has 1 aliphatic rings. The Morgan fingerprint density at radius 1 is 1.23 bits per heavy atom. The summed E-state index contributed by atoms with van der Waals surface area (Å²) in [6, 6.07) is 1.71. The summed E-state index contributed by atoms with van der Waals surface area (Å²) in [5.74, 6) is 0.229. The SMILES string of the molecule is O=C(CSc1ncccn1)Nc1ncc2c(n1)CCCC2=O. The van der Waals surface area contributed by atoms with Gasteiger partial charge in [0.1, 0.15) is 0 Å². The van der Waals surface area contributed by atoms with E-state index in [1.807, 2.05) is 0 Å². The maximum absolute atomic E-state index is 11.9. The van der Waals surface area contributed by atoms with E-state index >= 15 is 0 Å². The molecule has 1 N–H and O–H groups in total. The van der Waals surface area contributed by atoms with E-state index in [0.717, 1.165) is 12.8 Å². The first-order valence-corrected chi connectivity index (χ1v) is 7.80. The third-order valence-electron chi connectivity index (χ3n) is 3.11. The van der Waals surface area contributed by atoms with Crippen molar-refractivity contribution < 1.29 is 9.59 Å². The van der Waals surface area contributed by atoms with Crippen LogP contribution in [0.2, 0.25) is 0 Å². The van der Waals surface area contributed by atoms with Crippen LogP contribution in [-0.4, -0.2) is 37.4 Å². The van der Waals surface area contributed by atoms with Crippen LogP contribution in [0.1, 0.15) is 28.9 Å². The molecule has 0 bridgehead atoms. The van der Waals surface area contributed by atoms with E-state index in [2.05, 4.69) is 25.3 Å². The van der Waals surface area contributed by atoms with Gasteiger partial charge in [-0.15, -0.1) is 0 Å². The number of aryl methyl sites for hydroxylation is 1. The number of ketones is 1. The zero-order valence-corrected chi connectivity index (χ0v) is 12.5.